The molecule has 1 aliphatic heterocycles. The summed E-state index contributed by atoms with van der Waals surface area (Å²) in [5.41, 5.74) is 3.64. The van der Waals surface area contributed by atoms with E-state index in [-0.39, 0.29) is 25.0 Å². The highest BCUT2D eigenvalue weighted by Gasteiger charge is 2.14. The van der Waals surface area contributed by atoms with Gasteiger partial charge in [0.15, 0.2) is 11.5 Å². The first-order chi connectivity index (χ1) is 15.1. The molecule has 1 aliphatic rings. The van der Waals surface area contributed by atoms with Crippen molar-refractivity contribution >= 4 is 34.5 Å². The number of carbonyl (C=O) groups is 2. The SMILES string of the molecule is COc1ccc(C(=O)Nc2nnc(CC(=O)N/N=C/c3ccc4c(c3)OCO4)s2)cc1. The van der Waals surface area contributed by atoms with Gasteiger partial charge in [-0.3, -0.25) is 14.9 Å². The molecule has 2 N–H and O–H groups in total. The van der Waals surface area contributed by atoms with Gasteiger partial charge in [0, 0.05) is 5.56 Å². The maximum Gasteiger partial charge on any atom is 0.257 e. The molecule has 0 aliphatic carbocycles. The fourth-order valence-electron chi connectivity index (χ4n) is 2.64. The fourth-order valence-corrected chi connectivity index (χ4v) is 3.37. The summed E-state index contributed by atoms with van der Waals surface area (Å²) in [5.74, 6) is 1.27. The minimum Gasteiger partial charge on any atom is -0.497 e. The third kappa shape index (κ3) is 5.14. The zero-order valence-corrected chi connectivity index (χ0v) is 17.1. The lowest BCUT2D eigenvalue weighted by atomic mass is 10.2. The predicted octanol–water partition coefficient (Wildman–Crippen LogP) is 2.22. The molecule has 0 radical (unpaired) electrons. The van der Waals surface area contributed by atoms with Gasteiger partial charge in [-0.25, -0.2) is 5.43 Å². The zero-order valence-electron chi connectivity index (χ0n) is 16.3. The van der Waals surface area contributed by atoms with Crippen molar-refractivity contribution in [1.29, 1.82) is 0 Å². The molecule has 0 spiro atoms. The van der Waals surface area contributed by atoms with Crippen molar-refractivity contribution in [3.63, 3.8) is 0 Å². The number of aromatic nitrogens is 2. The molecule has 0 saturated heterocycles. The smallest absolute Gasteiger partial charge is 0.257 e. The molecular weight excluding hydrogens is 422 g/mol. The van der Waals surface area contributed by atoms with Crippen molar-refractivity contribution in [1.82, 2.24) is 15.6 Å². The average Bonchev–Trinajstić information content (AvgIpc) is 3.42. The maximum absolute atomic E-state index is 12.3. The molecule has 2 aromatic carbocycles. The van der Waals surface area contributed by atoms with Gasteiger partial charge in [-0.05, 0) is 48.0 Å². The minimum absolute atomic E-state index is 0.0193. The molecule has 4 rings (SSSR count). The number of methoxy groups -OCH3 is 1. The minimum atomic E-state index is -0.360. The highest BCUT2D eigenvalue weighted by molar-refractivity contribution is 7.15. The molecule has 2 amide bonds. The van der Waals surface area contributed by atoms with Crippen molar-refractivity contribution in [2.24, 2.45) is 5.10 Å². The molecule has 0 unspecified atom stereocenters. The first-order valence-electron chi connectivity index (χ1n) is 9.10. The Morgan fingerprint density at radius 1 is 1.16 bits per heavy atom. The van der Waals surface area contributed by atoms with E-state index in [9.17, 15) is 9.59 Å². The van der Waals surface area contributed by atoms with Crippen LogP contribution in [0.5, 0.6) is 17.2 Å². The third-order valence-corrected chi connectivity index (χ3v) is 4.99. The Labute approximate surface area is 180 Å². The summed E-state index contributed by atoms with van der Waals surface area (Å²) >= 11 is 1.11. The molecule has 0 bridgehead atoms. The molecule has 10 nitrogen and oxygen atoms in total. The van der Waals surface area contributed by atoms with Gasteiger partial charge in [0.25, 0.3) is 5.91 Å². The number of hydrazone groups is 1. The second kappa shape index (κ2) is 9.22. The van der Waals surface area contributed by atoms with E-state index in [4.69, 9.17) is 14.2 Å². The Hall–Kier alpha value is -3.99. The van der Waals surface area contributed by atoms with Crippen molar-refractivity contribution in [2.45, 2.75) is 6.42 Å². The largest absolute Gasteiger partial charge is 0.497 e. The summed E-state index contributed by atoms with van der Waals surface area (Å²) in [6.45, 7) is 0.192. The van der Waals surface area contributed by atoms with Crippen LogP contribution < -0.4 is 25.0 Å². The van der Waals surface area contributed by atoms with Gasteiger partial charge in [0.05, 0.1) is 19.7 Å². The van der Waals surface area contributed by atoms with Crippen LogP contribution in [0.4, 0.5) is 5.13 Å². The number of fused-ring (bicyclic) bond motifs is 1. The lowest BCUT2D eigenvalue weighted by Crippen LogP contribution is -2.19. The van der Waals surface area contributed by atoms with Crippen LogP contribution in [0.2, 0.25) is 0 Å². The van der Waals surface area contributed by atoms with Crippen LogP contribution >= 0.6 is 11.3 Å². The Balaban J connectivity index is 1.28. The van der Waals surface area contributed by atoms with Crippen LogP contribution in [-0.4, -0.2) is 42.1 Å². The highest BCUT2D eigenvalue weighted by Crippen LogP contribution is 2.31. The zero-order chi connectivity index (χ0) is 21.6. The first kappa shape index (κ1) is 20.3. The number of anilines is 1. The Morgan fingerprint density at radius 3 is 2.77 bits per heavy atom. The Kier molecular flexibility index (Phi) is 6.03. The van der Waals surface area contributed by atoms with Crippen LogP contribution in [0.25, 0.3) is 0 Å². The summed E-state index contributed by atoms with van der Waals surface area (Å²) in [4.78, 5) is 24.3. The van der Waals surface area contributed by atoms with Gasteiger partial charge in [-0.2, -0.15) is 5.10 Å². The molecule has 3 aromatic rings. The van der Waals surface area contributed by atoms with Crippen molar-refractivity contribution in [2.75, 3.05) is 19.2 Å². The standard InChI is InChI=1S/C20H17N5O5S/c1-28-14-5-3-13(4-6-14)19(27)22-20-25-24-18(31-20)9-17(26)23-21-10-12-2-7-15-16(8-12)30-11-29-15/h2-8,10H,9,11H2,1H3,(H,23,26)(H,22,25,27)/b21-10+. The molecule has 2 heterocycles. The summed E-state index contributed by atoms with van der Waals surface area (Å²) < 4.78 is 15.6. The van der Waals surface area contributed by atoms with Gasteiger partial charge in [-0.15, -0.1) is 10.2 Å². The summed E-state index contributed by atoms with van der Waals surface area (Å²) in [6.07, 6.45) is 1.48. The van der Waals surface area contributed by atoms with E-state index in [1.54, 1.807) is 49.6 Å². The fraction of sp³-hybridized carbons (Fsp3) is 0.150. The van der Waals surface area contributed by atoms with Crippen LogP contribution in [0.1, 0.15) is 20.9 Å². The quantitative estimate of drug-likeness (QED) is 0.427. The Bertz CT molecular complexity index is 1130. The van der Waals surface area contributed by atoms with Gasteiger partial charge < -0.3 is 14.2 Å². The van der Waals surface area contributed by atoms with Gasteiger partial charge in [-0.1, -0.05) is 11.3 Å². The highest BCUT2D eigenvalue weighted by atomic mass is 32.1. The molecule has 158 valence electrons. The van der Waals surface area contributed by atoms with Crippen LogP contribution in [0, 0.1) is 0 Å². The van der Waals surface area contributed by atoms with Crippen LogP contribution in [-0.2, 0) is 11.2 Å². The van der Waals surface area contributed by atoms with E-state index in [2.05, 4.69) is 26.0 Å². The summed E-state index contributed by atoms with van der Waals surface area (Å²) in [7, 11) is 1.55. The lowest BCUT2D eigenvalue weighted by Gasteiger charge is -2.02. The van der Waals surface area contributed by atoms with Gasteiger partial charge >= 0.3 is 0 Å². The van der Waals surface area contributed by atoms with E-state index in [1.165, 1.54) is 6.21 Å². The number of hydrogen-bond donors (Lipinski definition) is 2. The molecule has 0 saturated carbocycles. The van der Waals surface area contributed by atoms with E-state index < -0.39 is 0 Å². The van der Waals surface area contributed by atoms with Crippen molar-refractivity contribution < 1.29 is 23.8 Å². The molecule has 1 aromatic heterocycles. The Morgan fingerprint density at radius 2 is 1.97 bits per heavy atom. The monoisotopic (exact) mass is 439 g/mol. The van der Waals surface area contributed by atoms with E-state index in [0.717, 1.165) is 16.9 Å². The first-order valence-corrected chi connectivity index (χ1v) is 9.92. The van der Waals surface area contributed by atoms with E-state index >= 15 is 0 Å². The van der Waals surface area contributed by atoms with E-state index in [1.807, 2.05) is 0 Å². The summed E-state index contributed by atoms with van der Waals surface area (Å²) in [5, 5.41) is 15.2. The number of hydrogen-bond acceptors (Lipinski definition) is 9. The summed E-state index contributed by atoms with van der Waals surface area (Å²) in [6, 6.07) is 12.0. The lowest BCUT2D eigenvalue weighted by molar-refractivity contribution is -0.120. The number of rotatable bonds is 7. The number of carbonyl (C=O) groups excluding carboxylic acids is 2. The van der Waals surface area contributed by atoms with Crippen molar-refractivity contribution in [3.05, 3.63) is 58.6 Å². The number of benzene rings is 2. The second-order valence-corrected chi connectivity index (χ2v) is 7.33. The number of nitrogens with zero attached hydrogens (tertiary/aromatic N) is 3. The number of nitrogens with one attached hydrogen (secondary N) is 2. The molecular formula is C20H17N5O5S. The average molecular weight is 439 g/mol. The van der Waals surface area contributed by atoms with Crippen LogP contribution in [0.15, 0.2) is 47.6 Å². The van der Waals surface area contributed by atoms with Crippen molar-refractivity contribution in [3.8, 4) is 17.2 Å². The molecule has 0 fully saturated rings. The molecule has 11 heteroatoms. The predicted molar refractivity (Wildman–Crippen MR) is 113 cm³/mol. The molecule has 31 heavy (non-hydrogen) atoms. The van der Waals surface area contributed by atoms with Gasteiger partial charge in [0.1, 0.15) is 10.8 Å². The van der Waals surface area contributed by atoms with E-state index in [0.29, 0.717) is 33.0 Å². The maximum atomic E-state index is 12.3. The normalized spacial score (nSPS) is 12.0. The van der Waals surface area contributed by atoms with Crippen LogP contribution in [0.3, 0.4) is 0 Å². The third-order valence-electron chi connectivity index (χ3n) is 4.15. The topological polar surface area (TPSA) is 124 Å². The molecule has 0 atom stereocenters. The second-order valence-electron chi connectivity index (χ2n) is 6.27. The number of ether oxygens (including phenoxy) is 3. The van der Waals surface area contributed by atoms with Gasteiger partial charge in [0.2, 0.25) is 17.8 Å². The number of amides is 2.